The molecule has 7 heteroatoms. The summed E-state index contributed by atoms with van der Waals surface area (Å²) in [6, 6.07) is 5.90. The van der Waals surface area contributed by atoms with Gasteiger partial charge in [0, 0.05) is 43.7 Å². The zero-order chi connectivity index (χ0) is 20.6. The normalized spacial score (nSPS) is 17.1. The van der Waals surface area contributed by atoms with Crippen LogP contribution in [0.1, 0.15) is 24.1 Å². The first-order valence-corrected chi connectivity index (χ1v) is 10.1. The number of nitrogens with zero attached hydrogens (tertiary/aromatic N) is 5. The summed E-state index contributed by atoms with van der Waals surface area (Å²) in [5.41, 5.74) is 2.05. The first-order chi connectivity index (χ1) is 14.0. The van der Waals surface area contributed by atoms with E-state index < -0.39 is 0 Å². The van der Waals surface area contributed by atoms with Gasteiger partial charge in [-0.1, -0.05) is 12.1 Å². The highest BCUT2D eigenvalue weighted by Gasteiger charge is 2.23. The van der Waals surface area contributed by atoms with Crippen molar-refractivity contribution in [2.75, 3.05) is 39.0 Å². The van der Waals surface area contributed by atoms with E-state index in [1.807, 2.05) is 55.1 Å². The minimum atomic E-state index is 0.104. The average Bonchev–Trinajstić information content (AvgIpc) is 2.70. The second-order valence-electron chi connectivity index (χ2n) is 7.85. The third-order valence-corrected chi connectivity index (χ3v) is 5.04. The van der Waals surface area contributed by atoms with E-state index in [1.165, 1.54) is 0 Å². The fourth-order valence-corrected chi connectivity index (χ4v) is 3.51. The fraction of sp³-hybridized carbons (Fsp3) is 0.455. The van der Waals surface area contributed by atoms with Gasteiger partial charge in [-0.05, 0) is 57.8 Å². The molecule has 7 nitrogen and oxygen atoms in total. The van der Waals surface area contributed by atoms with Gasteiger partial charge in [-0.15, -0.1) is 0 Å². The molecule has 1 aliphatic rings. The number of carbonyl (C=O) groups is 1. The first kappa shape index (κ1) is 20.9. The second kappa shape index (κ2) is 10.1. The lowest BCUT2D eigenvalue weighted by Gasteiger charge is -2.32. The van der Waals surface area contributed by atoms with Crippen molar-refractivity contribution in [2.45, 2.75) is 26.2 Å². The van der Waals surface area contributed by atoms with Crippen molar-refractivity contribution < 1.29 is 4.79 Å². The number of likely N-dealkylation sites (tertiary alicyclic amines) is 1. The Morgan fingerprint density at radius 1 is 1.34 bits per heavy atom. The standard InChI is InChI=1S/C22H30N6O/c1-17-7-4-10-23-22(17)26-20-14-19(24-16-25-20)13-18-8-5-12-28(15-18)21(29)9-6-11-27(2)3/h4,6-7,9-10,14,16,18H,5,8,11-13,15H2,1-3H3,(H,23,24,25,26)/b9-6+. The average molecular weight is 395 g/mol. The van der Waals surface area contributed by atoms with Crippen molar-refractivity contribution in [3.63, 3.8) is 0 Å². The first-order valence-electron chi connectivity index (χ1n) is 10.1. The summed E-state index contributed by atoms with van der Waals surface area (Å²) in [5.74, 6) is 2.06. The number of anilines is 2. The van der Waals surface area contributed by atoms with Gasteiger partial charge in [-0.25, -0.2) is 15.0 Å². The van der Waals surface area contributed by atoms with Crippen LogP contribution >= 0.6 is 0 Å². The van der Waals surface area contributed by atoms with Gasteiger partial charge in [0.2, 0.25) is 5.91 Å². The lowest BCUT2D eigenvalue weighted by Crippen LogP contribution is -2.39. The van der Waals surface area contributed by atoms with E-state index >= 15 is 0 Å². The van der Waals surface area contributed by atoms with E-state index in [2.05, 4.69) is 20.3 Å². The predicted octanol–water partition coefficient (Wildman–Crippen LogP) is 2.82. The summed E-state index contributed by atoms with van der Waals surface area (Å²) in [6.07, 6.45) is 9.95. The van der Waals surface area contributed by atoms with E-state index in [0.29, 0.717) is 5.92 Å². The van der Waals surface area contributed by atoms with E-state index in [4.69, 9.17) is 0 Å². The Balaban J connectivity index is 1.59. The van der Waals surface area contributed by atoms with Gasteiger partial charge in [0.25, 0.3) is 0 Å². The predicted molar refractivity (Wildman–Crippen MR) is 115 cm³/mol. The highest BCUT2D eigenvalue weighted by Crippen LogP contribution is 2.22. The Hall–Kier alpha value is -2.80. The number of pyridine rings is 1. The lowest BCUT2D eigenvalue weighted by atomic mass is 9.93. The Bertz CT molecular complexity index is 851. The topological polar surface area (TPSA) is 74.2 Å². The van der Waals surface area contributed by atoms with Crippen molar-refractivity contribution in [3.05, 3.63) is 54.1 Å². The quantitative estimate of drug-likeness (QED) is 0.728. The molecule has 0 bridgehead atoms. The molecule has 0 spiro atoms. The second-order valence-corrected chi connectivity index (χ2v) is 7.85. The molecule has 1 fully saturated rings. The zero-order valence-electron chi connectivity index (χ0n) is 17.5. The summed E-state index contributed by atoms with van der Waals surface area (Å²) in [4.78, 5) is 29.6. The van der Waals surface area contributed by atoms with E-state index in [0.717, 1.165) is 61.8 Å². The van der Waals surface area contributed by atoms with Crippen LogP contribution in [-0.2, 0) is 11.2 Å². The molecular formula is C22H30N6O. The summed E-state index contributed by atoms with van der Waals surface area (Å²) in [6.45, 7) is 4.39. The summed E-state index contributed by atoms with van der Waals surface area (Å²) >= 11 is 0. The Morgan fingerprint density at radius 2 is 2.21 bits per heavy atom. The number of hydrogen-bond donors (Lipinski definition) is 1. The van der Waals surface area contributed by atoms with Crippen LogP contribution in [0.15, 0.2) is 42.9 Å². The van der Waals surface area contributed by atoms with Crippen LogP contribution < -0.4 is 5.32 Å². The molecule has 3 rings (SSSR count). The highest BCUT2D eigenvalue weighted by molar-refractivity contribution is 5.87. The number of aromatic nitrogens is 3. The third-order valence-electron chi connectivity index (χ3n) is 5.04. The van der Waals surface area contributed by atoms with Gasteiger partial charge in [-0.3, -0.25) is 4.79 Å². The van der Waals surface area contributed by atoms with Gasteiger partial charge in [0.1, 0.15) is 18.0 Å². The molecule has 3 heterocycles. The smallest absolute Gasteiger partial charge is 0.246 e. The number of rotatable bonds is 7. The van der Waals surface area contributed by atoms with Gasteiger partial charge in [-0.2, -0.15) is 0 Å². The van der Waals surface area contributed by atoms with Gasteiger partial charge in [0.15, 0.2) is 0 Å². The Labute approximate surface area is 172 Å². The van der Waals surface area contributed by atoms with Crippen LogP contribution in [0.25, 0.3) is 0 Å². The zero-order valence-corrected chi connectivity index (χ0v) is 17.5. The van der Waals surface area contributed by atoms with Crippen LogP contribution in [0.5, 0.6) is 0 Å². The molecule has 0 aliphatic carbocycles. The number of nitrogens with one attached hydrogen (secondary N) is 1. The van der Waals surface area contributed by atoms with Crippen LogP contribution in [0, 0.1) is 12.8 Å². The van der Waals surface area contributed by atoms with Gasteiger partial charge < -0.3 is 15.1 Å². The molecule has 1 amide bonds. The lowest BCUT2D eigenvalue weighted by molar-refractivity contribution is -0.127. The van der Waals surface area contributed by atoms with Crippen LogP contribution in [0.3, 0.4) is 0 Å². The monoisotopic (exact) mass is 394 g/mol. The number of likely N-dealkylation sites (N-methyl/N-ethyl adjacent to an activating group) is 1. The van der Waals surface area contributed by atoms with E-state index in [9.17, 15) is 4.79 Å². The minimum absolute atomic E-state index is 0.104. The summed E-state index contributed by atoms with van der Waals surface area (Å²) in [7, 11) is 3.98. The molecule has 1 saturated heterocycles. The van der Waals surface area contributed by atoms with Crippen molar-refractivity contribution in [1.82, 2.24) is 24.8 Å². The van der Waals surface area contributed by atoms with Crippen LogP contribution in [-0.4, -0.2) is 64.4 Å². The third kappa shape index (κ3) is 6.35. The molecule has 1 N–H and O–H groups in total. The Kier molecular flexibility index (Phi) is 7.30. The maximum atomic E-state index is 12.4. The summed E-state index contributed by atoms with van der Waals surface area (Å²) < 4.78 is 0. The van der Waals surface area contributed by atoms with Crippen molar-refractivity contribution >= 4 is 17.5 Å². The molecule has 1 unspecified atom stereocenters. The van der Waals surface area contributed by atoms with E-state index in [1.54, 1.807) is 18.6 Å². The number of hydrogen-bond acceptors (Lipinski definition) is 6. The number of piperidine rings is 1. The maximum absolute atomic E-state index is 12.4. The fourth-order valence-electron chi connectivity index (χ4n) is 3.51. The SMILES string of the molecule is Cc1cccnc1Nc1cc(CC2CCCN(C(=O)/C=C/CN(C)C)C2)ncn1. The van der Waals surface area contributed by atoms with Crippen molar-refractivity contribution in [3.8, 4) is 0 Å². The molecule has 29 heavy (non-hydrogen) atoms. The van der Waals surface area contributed by atoms with Crippen molar-refractivity contribution in [2.24, 2.45) is 5.92 Å². The van der Waals surface area contributed by atoms with E-state index in [-0.39, 0.29) is 5.91 Å². The molecular weight excluding hydrogens is 364 g/mol. The largest absolute Gasteiger partial charge is 0.339 e. The maximum Gasteiger partial charge on any atom is 0.246 e. The molecule has 2 aromatic heterocycles. The van der Waals surface area contributed by atoms with Crippen LogP contribution in [0.2, 0.25) is 0 Å². The highest BCUT2D eigenvalue weighted by atomic mass is 16.2. The minimum Gasteiger partial charge on any atom is -0.339 e. The number of aryl methyl sites for hydroxylation is 1. The molecule has 0 radical (unpaired) electrons. The van der Waals surface area contributed by atoms with Gasteiger partial charge >= 0.3 is 0 Å². The molecule has 1 atom stereocenters. The Morgan fingerprint density at radius 3 is 3.00 bits per heavy atom. The summed E-state index contributed by atoms with van der Waals surface area (Å²) in [5, 5.41) is 3.27. The van der Waals surface area contributed by atoms with Gasteiger partial charge in [0.05, 0.1) is 0 Å². The molecule has 0 aromatic carbocycles. The molecule has 0 saturated carbocycles. The van der Waals surface area contributed by atoms with Crippen molar-refractivity contribution in [1.29, 1.82) is 0 Å². The van der Waals surface area contributed by atoms with Crippen LogP contribution in [0.4, 0.5) is 11.6 Å². The molecule has 2 aromatic rings. The molecule has 1 aliphatic heterocycles. The molecule has 154 valence electrons. The number of amides is 1. The number of carbonyl (C=O) groups excluding carboxylic acids is 1.